The van der Waals surface area contributed by atoms with Crippen LogP contribution in [0.1, 0.15) is 11.1 Å². The van der Waals surface area contributed by atoms with Gasteiger partial charge in [-0.05, 0) is 7.47 Å². The Kier molecular flexibility index (Phi) is 7.17. The van der Waals surface area contributed by atoms with Crippen molar-refractivity contribution in [3.63, 3.8) is 0 Å². The van der Waals surface area contributed by atoms with E-state index in [-0.39, 0.29) is 0 Å². The van der Waals surface area contributed by atoms with Crippen LogP contribution in [0.25, 0.3) is 21.9 Å². The van der Waals surface area contributed by atoms with Crippen molar-refractivity contribution in [3.8, 4) is 11.1 Å². The van der Waals surface area contributed by atoms with Crippen molar-refractivity contribution < 1.29 is 70.2 Å². The normalized spacial score (nSPS) is 14.8. The molecule has 0 aliphatic heterocycles. The molecule has 4 aromatic rings. The molecule has 0 heterocycles. The van der Waals surface area contributed by atoms with Crippen molar-refractivity contribution >= 4 is 36.6 Å². The minimum atomic E-state index is -5.31. The van der Waals surface area contributed by atoms with Crippen LogP contribution in [-0.4, -0.2) is 7.74 Å². The van der Waals surface area contributed by atoms with Crippen LogP contribution in [0.4, 0.5) is 70.2 Å². The lowest BCUT2D eigenvalue weighted by atomic mass is 10.0. The zero-order valence-electron chi connectivity index (χ0n) is 21.5. The predicted molar refractivity (Wildman–Crippen MR) is 128 cm³/mol. The van der Waals surface area contributed by atoms with Gasteiger partial charge in [0.25, 0.3) is 0 Å². The van der Waals surface area contributed by atoms with Crippen molar-refractivity contribution in [2.45, 2.75) is 25.6 Å². The third kappa shape index (κ3) is 3.90. The molecular formula is C26H9F16PSi. The highest BCUT2D eigenvalue weighted by Gasteiger charge is 2.56. The zero-order chi connectivity index (χ0) is 33.3. The second-order valence-electron chi connectivity index (χ2n) is 10.4. The van der Waals surface area contributed by atoms with Crippen molar-refractivity contribution in [1.82, 2.24) is 0 Å². The van der Waals surface area contributed by atoms with Crippen LogP contribution in [0.2, 0.25) is 19.6 Å². The fourth-order valence-electron chi connectivity index (χ4n) is 5.13. The van der Waals surface area contributed by atoms with Crippen LogP contribution >= 0.6 is 7.47 Å². The molecule has 0 radical (unpaired) electrons. The van der Waals surface area contributed by atoms with Crippen molar-refractivity contribution in [3.05, 3.63) is 92.6 Å². The first-order valence-corrected chi connectivity index (χ1v) is 17.4. The Morgan fingerprint density at radius 1 is 0.386 bits per heavy atom. The van der Waals surface area contributed by atoms with E-state index in [1.165, 1.54) is 0 Å². The average molecular weight is 684 g/mol. The van der Waals surface area contributed by atoms with E-state index in [1.54, 1.807) is 0 Å². The molecule has 18 heteroatoms. The Labute approximate surface area is 236 Å². The highest BCUT2D eigenvalue weighted by molar-refractivity contribution is 8.04. The maximum absolute atomic E-state index is 16.2. The highest BCUT2D eigenvalue weighted by atomic mass is 31.4. The fraction of sp³-hybridized carbons (Fsp3) is 0.154. The molecule has 234 valence electrons. The smallest absolute Gasteiger partial charge is 0.206 e. The third-order valence-corrected chi connectivity index (χ3v) is 15.3. The van der Waals surface area contributed by atoms with Gasteiger partial charge in [-0.15, -0.1) is 0 Å². The summed E-state index contributed by atoms with van der Waals surface area (Å²) in [6.07, 6.45) is 0. The van der Waals surface area contributed by atoms with E-state index in [0.717, 1.165) is 19.6 Å². The zero-order valence-corrected chi connectivity index (χ0v) is 23.4. The maximum atomic E-state index is 16.2. The summed E-state index contributed by atoms with van der Waals surface area (Å²) in [6, 6.07) is 0. The third-order valence-electron chi connectivity index (χ3n) is 6.88. The number of benzene rings is 4. The molecule has 0 saturated carbocycles. The number of hydrogen-bond donors (Lipinski definition) is 0. The lowest BCUT2D eigenvalue weighted by Gasteiger charge is -2.33. The number of rotatable bonds is 3. The second-order valence-corrected chi connectivity index (χ2v) is 21.7. The number of halogens is 16. The van der Waals surface area contributed by atoms with Gasteiger partial charge in [0.2, 0.25) is 0 Å². The van der Waals surface area contributed by atoms with Crippen molar-refractivity contribution in [1.29, 1.82) is 0 Å². The van der Waals surface area contributed by atoms with Gasteiger partial charge in [0.1, 0.15) is 5.82 Å². The van der Waals surface area contributed by atoms with Gasteiger partial charge in [0, 0.05) is 21.8 Å². The van der Waals surface area contributed by atoms with Gasteiger partial charge in [0.15, 0.2) is 75.6 Å². The van der Waals surface area contributed by atoms with Gasteiger partial charge in [-0.25, -0.2) is 61.5 Å². The van der Waals surface area contributed by atoms with Crippen LogP contribution in [0.5, 0.6) is 0 Å². The van der Waals surface area contributed by atoms with E-state index in [2.05, 4.69) is 0 Å². The summed E-state index contributed by atoms with van der Waals surface area (Å²) < 4.78 is 238. The van der Waals surface area contributed by atoms with Gasteiger partial charge < -0.3 is 0 Å². The Hall–Kier alpha value is -3.33. The summed E-state index contributed by atoms with van der Waals surface area (Å²) in [7, 11) is -7.64. The van der Waals surface area contributed by atoms with E-state index < -0.39 is 146 Å². The molecule has 0 N–H and O–H groups in total. The first kappa shape index (κ1) is 32.1. The molecule has 1 unspecified atom stereocenters. The lowest BCUT2D eigenvalue weighted by Crippen LogP contribution is -2.37. The molecule has 0 aromatic heterocycles. The van der Waals surface area contributed by atoms with Crippen LogP contribution < -0.4 is 10.6 Å². The highest BCUT2D eigenvalue weighted by Crippen LogP contribution is 2.58. The van der Waals surface area contributed by atoms with Gasteiger partial charge in [-0.3, -0.25) is 0 Å². The second kappa shape index (κ2) is 9.83. The van der Waals surface area contributed by atoms with Crippen LogP contribution in [0.3, 0.4) is 0 Å². The van der Waals surface area contributed by atoms with Crippen molar-refractivity contribution in [2.24, 2.45) is 0 Å². The van der Waals surface area contributed by atoms with Gasteiger partial charge in [-0.1, -0.05) is 19.6 Å². The number of alkyl halides is 2. The van der Waals surface area contributed by atoms with E-state index in [0.29, 0.717) is 0 Å². The number of hydrogen-bond acceptors (Lipinski definition) is 0. The molecule has 0 amide bonds. The molecular weight excluding hydrogens is 675 g/mol. The molecule has 0 fully saturated rings. The van der Waals surface area contributed by atoms with Crippen LogP contribution in [0.15, 0.2) is 0 Å². The summed E-state index contributed by atoms with van der Waals surface area (Å²) in [6.45, 7) is 3.04. The Morgan fingerprint density at radius 2 is 0.727 bits per heavy atom. The fourth-order valence-corrected chi connectivity index (χ4v) is 13.3. The molecule has 1 aliphatic rings. The predicted octanol–water partition coefficient (Wildman–Crippen LogP) is 9.18. The van der Waals surface area contributed by atoms with Gasteiger partial charge in [0.05, 0.1) is 29.6 Å². The molecule has 0 nitrogen and oxygen atoms in total. The molecule has 5 rings (SSSR count). The lowest BCUT2D eigenvalue weighted by molar-refractivity contribution is 0.0392. The molecule has 44 heavy (non-hydrogen) atoms. The Balaban J connectivity index is 2.02. The molecule has 1 atom stereocenters. The van der Waals surface area contributed by atoms with Crippen molar-refractivity contribution in [2.75, 3.05) is 0 Å². The van der Waals surface area contributed by atoms with E-state index in [1.807, 2.05) is 0 Å². The molecule has 4 aromatic carbocycles. The largest absolute Gasteiger partial charge is 0.305 e. The van der Waals surface area contributed by atoms with Crippen LogP contribution in [0, 0.1) is 81.4 Å². The summed E-state index contributed by atoms with van der Waals surface area (Å²) >= 11 is 0. The first-order valence-electron chi connectivity index (χ1n) is 11.7. The summed E-state index contributed by atoms with van der Waals surface area (Å²) in [4.78, 5) is 0. The van der Waals surface area contributed by atoms with E-state index in [4.69, 9.17) is 0 Å². The Morgan fingerprint density at radius 3 is 1.20 bits per heavy atom. The maximum Gasteiger partial charge on any atom is 0.305 e. The summed E-state index contributed by atoms with van der Waals surface area (Å²) in [5.41, 5.74) is -9.11. The monoisotopic (exact) mass is 684 g/mol. The topological polar surface area (TPSA) is 0 Å². The van der Waals surface area contributed by atoms with E-state index >= 15 is 30.7 Å². The minimum Gasteiger partial charge on any atom is -0.206 e. The first-order chi connectivity index (χ1) is 20.1. The van der Waals surface area contributed by atoms with Crippen LogP contribution in [-0.2, 0) is 5.92 Å². The van der Waals surface area contributed by atoms with Gasteiger partial charge in [-0.2, -0.15) is 8.78 Å². The average Bonchev–Trinajstić information content (AvgIpc) is 3.19. The SMILES string of the molecule is C[Si](C)(C)P(c1c(F)c(F)c2c(c1F)C(F)(F)c1c(F)c(F)c(F)c(F)c1-2)c1c(F)c(F)c(F)c2c(F)c(F)c(F)c(F)c12. The Bertz CT molecular complexity index is 1970. The van der Waals surface area contributed by atoms with E-state index in [9.17, 15) is 39.5 Å². The quantitative estimate of drug-likeness (QED) is 0.0664. The molecule has 0 saturated heterocycles. The molecule has 0 spiro atoms. The summed E-state index contributed by atoms with van der Waals surface area (Å²) in [5.74, 6) is -42.9. The molecule has 0 bridgehead atoms. The standard InChI is InChI=1S/C26H9F16PSi/c1-44(2,3)43(24-7-6(13(30)20(37)23(24)40)12(29)18(35)19(36)14(7)31)25-16(33)9-5(11(28)22(25)39)4-8(26(9,41)42)15(32)21(38)17(34)10(4)27/h1-3H3. The minimum absolute atomic E-state index is 1.01. The summed E-state index contributed by atoms with van der Waals surface area (Å²) in [5, 5.41) is -7.78. The van der Waals surface area contributed by atoms with Gasteiger partial charge >= 0.3 is 5.92 Å². The molecule has 1 aliphatic carbocycles. The number of fused-ring (bicyclic) bond motifs is 4.